The maximum absolute atomic E-state index is 6.75. The summed E-state index contributed by atoms with van der Waals surface area (Å²) in [4.78, 5) is 0. The minimum Gasteiger partial charge on any atom is -0.475 e. The average Bonchev–Trinajstić information content (AvgIpc) is 3.47. The molecule has 2 aliphatic heterocycles. The van der Waals surface area contributed by atoms with Crippen molar-refractivity contribution in [2.45, 2.75) is 71.8 Å². The van der Waals surface area contributed by atoms with Crippen LogP contribution in [0.5, 0.6) is 0 Å². The zero-order chi connectivity index (χ0) is 26.3. The number of benzene rings is 2. The van der Waals surface area contributed by atoms with E-state index in [0.717, 1.165) is 35.4 Å². The van der Waals surface area contributed by atoms with Crippen LogP contribution in [0.4, 0.5) is 0 Å². The summed E-state index contributed by atoms with van der Waals surface area (Å²) in [6, 6.07) is 20.4. The molecule has 7 nitrogen and oxygen atoms in total. The van der Waals surface area contributed by atoms with E-state index in [1.54, 1.807) is 0 Å². The van der Waals surface area contributed by atoms with E-state index in [0.29, 0.717) is 32.3 Å². The Morgan fingerprint density at radius 3 is 2.16 bits per heavy atom. The van der Waals surface area contributed by atoms with E-state index in [-0.39, 0.29) is 24.5 Å². The van der Waals surface area contributed by atoms with Crippen LogP contribution >= 0.6 is 0 Å². The van der Waals surface area contributed by atoms with Crippen molar-refractivity contribution in [2.24, 2.45) is 11.8 Å². The maximum Gasteiger partial charge on any atom is 0.193 e. The lowest BCUT2D eigenvalue weighted by molar-refractivity contribution is -0.0858. The first-order valence-electron chi connectivity index (χ1n) is 13.7. The van der Waals surface area contributed by atoms with Gasteiger partial charge in [0.15, 0.2) is 18.5 Å². The molecule has 0 amide bonds. The Hall–Kier alpha value is -2.68. The van der Waals surface area contributed by atoms with Crippen molar-refractivity contribution in [3.8, 4) is 0 Å². The van der Waals surface area contributed by atoms with Crippen molar-refractivity contribution >= 4 is 0 Å². The maximum atomic E-state index is 6.75. The molecule has 7 heteroatoms. The third-order valence-electron chi connectivity index (χ3n) is 7.06. The Labute approximate surface area is 226 Å². The first-order chi connectivity index (χ1) is 18.5. The van der Waals surface area contributed by atoms with Crippen molar-refractivity contribution in [3.05, 3.63) is 94.9 Å². The molecular weight excluding hydrogens is 480 g/mol. The highest BCUT2D eigenvalue weighted by molar-refractivity contribution is 5.21. The number of rotatable bonds is 10. The molecular formula is C31H40N2O5. The highest BCUT2D eigenvalue weighted by Gasteiger charge is 2.35. The van der Waals surface area contributed by atoms with E-state index < -0.39 is 6.35 Å². The van der Waals surface area contributed by atoms with Crippen LogP contribution < -0.4 is 10.6 Å². The van der Waals surface area contributed by atoms with Gasteiger partial charge in [-0.25, -0.2) is 5.32 Å². The molecule has 38 heavy (non-hydrogen) atoms. The fourth-order valence-electron chi connectivity index (χ4n) is 5.26. The van der Waals surface area contributed by atoms with E-state index in [1.807, 2.05) is 36.4 Å². The van der Waals surface area contributed by atoms with Crippen molar-refractivity contribution in [3.63, 3.8) is 0 Å². The quantitative estimate of drug-likeness (QED) is 0.417. The van der Waals surface area contributed by atoms with Gasteiger partial charge in [0.25, 0.3) is 0 Å². The molecule has 0 saturated carbocycles. The lowest BCUT2D eigenvalue weighted by Gasteiger charge is -2.39. The molecule has 0 aromatic heterocycles. The zero-order valence-electron chi connectivity index (χ0n) is 22.6. The monoisotopic (exact) mass is 520 g/mol. The van der Waals surface area contributed by atoms with E-state index >= 15 is 0 Å². The fourth-order valence-corrected chi connectivity index (χ4v) is 5.26. The Kier molecular flexibility index (Phi) is 9.14. The van der Waals surface area contributed by atoms with Gasteiger partial charge in [-0.1, -0.05) is 87.5 Å². The second-order valence-corrected chi connectivity index (χ2v) is 10.6. The van der Waals surface area contributed by atoms with Crippen LogP contribution in [-0.2, 0) is 36.9 Å². The summed E-state index contributed by atoms with van der Waals surface area (Å²) in [6.45, 7) is 8.77. The van der Waals surface area contributed by atoms with Gasteiger partial charge >= 0.3 is 0 Å². The molecule has 0 bridgehead atoms. The zero-order valence-corrected chi connectivity index (χ0v) is 22.6. The summed E-state index contributed by atoms with van der Waals surface area (Å²) in [5.41, 5.74) is 4.44. The molecule has 4 atom stereocenters. The SMILES string of the molecule is CC1C=C(C2OCCO2)CC(OC2=C(C(C)C)C(OCc3ccccc3)NC(OCc3ccccc3)N2)C1. The third kappa shape index (κ3) is 7.04. The van der Waals surface area contributed by atoms with E-state index in [2.05, 4.69) is 61.7 Å². The van der Waals surface area contributed by atoms with Gasteiger partial charge < -0.3 is 29.0 Å². The van der Waals surface area contributed by atoms with Crippen LogP contribution in [0.3, 0.4) is 0 Å². The van der Waals surface area contributed by atoms with Gasteiger partial charge in [0.2, 0.25) is 0 Å². The minimum absolute atomic E-state index is 0.00306. The molecule has 2 aromatic rings. The molecule has 0 radical (unpaired) electrons. The van der Waals surface area contributed by atoms with Crippen LogP contribution in [0, 0.1) is 11.8 Å². The standard InChI is InChI=1S/C31H40N2O5/c1-21(2)27-28(36-19-23-10-6-4-7-11-23)32-31(37-20-24-12-8-5-9-13-24)33-29(27)38-26-17-22(3)16-25(18-26)30-34-14-15-35-30/h4-13,16,21-22,26,28,30-33H,14-15,17-20H2,1-3H3. The summed E-state index contributed by atoms with van der Waals surface area (Å²) in [5.74, 6) is 1.30. The second kappa shape index (κ2) is 12.9. The van der Waals surface area contributed by atoms with Gasteiger partial charge in [-0.05, 0) is 35.0 Å². The molecule has 1 saturated heterocycles. The summed E-state index contributed by atoms with van der Waals surface area (Å²) >= 11 is 0. The van der Waals surface area contributed by atoms with Gasteiger partial charge in [-0.15, -0.1) is 0 Å². The predicted molar refractivity (Wildman–Crippen MR) is 145 cm³/mol. The predicted octanol–water partition coefficient (Wildman–Crippen LogP) is 5.20. The van der Waals surface area contributed by atoms with Crippen LogP contribution in [0.1, 0.15) is 44.7 Å². The highest BCUT2D eigenvalue weighted by atomic mass is 16.7. The second-order valence-electron chi connectivity index (χ2n) is 10.6. The molecule has 2 N–H and O–H groups in total. The highest BCUT2D eigenvalue weighted by Crippen LogP contribution is 2.33. The number of ether oxygens (including phenoxy) is 5. The van der Waals surface area contributed by atoms with Crippen LogP contribution in [0.2, 0.25) is 0 Å². The summed E-state index contributed by atoms with van der Waals surface area (Å²) in [6.07, 6.45) is 2.89. The lowest BCUT2D eigenvalue weighted by Crippen LogP contribution is -2.56. The van der Waals surface area contributed by atoms with Crippen molar-refractivity contribution in [1.29, 1.82) is 0 Å². The van der Waals surface area contributed by atoms with Crippen molar-refractivity contribution in [2.75, 3.05) is 13.2 Å². The molecule has 2 aromatic carbocycles. The number of nitrogens with one attached hydrogen (secondary N) is 2. The summed E-state index contributed by atoms with van der Waals surface area (Å²) < 4.78 is 31.0. The van der Waals surface area contributed by atoms with E-state index in [4.69, 9.17) is 23.7 Å². The number of allylic oxidation sites excluding steroid dienone is 1. The topological polar surface area (TPSA) is 70.2 Å². The minimum atomic E-state index is -0.467. The Morgan fingerprint density at radius 2 is 1.53 bits per heavy atom. The molecule has 0 spiro atoms. The van der Waals surface area contributed by atoms with Crippen LogP contribution in [0.25, 0.3) is 0 Å². The summed E-state index contributed by atoms with van der Waals surface area (Å²) in [5, 5.41) is 7.00. The third-order valence-corrected chi connectivity index (χ3v) is 7.06. The van der Waals surface area contributed by atoms with Gasteiger partial charge in [0, 0.05) is 12.0 Å². The first kappa shape index (κ1) is 26.9. The molecule has 3 aliphatic rings. The fraction of sp³-hybridized carbons (Fsp3) is 0.484. The van der Waals surface area contributed by atoms with E-state index in [9.17, 15) is 0 Å². The lowest BCUT2D eigenvalue weighted by atomic mass is 9.89. The van der Waals surface area contributed by atoms with Gasteiger partial charge in [0.1, 0.15) is 12.3 Å². The number of hydrogen-bond donors (Lipinski definition) is 2. The van der Waals surface area contributed by atoms with Crippen molar-refractivity contribution < 1.29 is 23.7 Å². The molecule has 204 valence electrons. The smallest absolute Gasteiger partial charge is 0.193 e. The molecule has 1 fully saturated rings. The van der Waals surface area contributed by atoms with E-state index in [1.165, 1.54) is 5.57 Å². The molecule has 5 rings (SSSR count). The molecule has 2 heterocycles. The average molecular weight is 521 g/mol. The van der Waals surface area contributed by atoms with Gasteiger partial charge in [0.05, 0.1) is 26.4 Å². The van der Waals surface area contributed by atoms with Crippen LogP contribution in [0.15, 0.2) is 83.8 Å². The summed E-state index contributed by atoms with van der Waals surface area (Å²) in [7, 11) is 0. The molecule has 1 aliphatic carbocycles. The van der Waals surface area contributed by atoms with Gasteiger partial charge in [-0.2, -0.15) is 0 Å². The Bertz CT molecular complexity index is 1080. The Balaban J connectivity index is 1.34. The Morgan fingerprint density at radius 1 is 0.895 bits per heavy atom. The largest absolute Gasteiger partial charge is 0.475 e. The first-order valence-corrected chi connectivity index (χ1v) is 13.7. The van der Waals surface area contributed by atoms with Crippen LogP contribution in [-0.4, -0.2) is 38.2 Å². The van der Waals surface area contributed by atoms with Crippen molar-refractivity contribution in [1.82, 2.24) is 10.6 Å². The normalized spacial score (nSPS) is 26.4. The molecule has 4 unspecified atom stereocenters. The van der Waals surface area contributed by atoms with Gasteiger partial charge in [-0.3, -0.25) is 0 Å². The number of hydrogen-bond acceptors (Lipinski definition) is 7.